The van der Waals surface area contributed by atoms with Crippen molar-refractivity contribution in [2.45, 2.75) is 38.3 Å². The Morgan fingerprint density at radius 3 is 2.56 bits per heavy atom. The molecule has 0 aromatic heterocycles. The van der Waals surface area contributed by atoms with Crippen LogP contribution in [0.15, 0.2) is 24.3 Å². The van der Waals surface area contributed by atoms with Gasteiger partial charge in [-0.2, -0.15) is 0 Å². The molecule has 0 saturated carbocycles. The quantitative estimate of drug-likeness (QED) is 0.791. The summed E-state index contributed by atoms with van der Waals surface area (Å²) in [6.07, 6.45) is 2.16. The minimum atomic E-state index is -0.192. The number of hydrogen-bond donors (Lipinski definition) is 1. The van der Waals surface area contributed by atoms with Crippen LogP contribution in [0.3, 0.4) is 0 Å². The zero-order valence-electron chi connectivity index (χ0n) is 9.91. The van der Waals surface area contributed by atoms with Gasteiger partial charge in [0.2, 0.25) is 0 Å². The summed E-state index contributed by atoms with van der Waals surface area (Å²) in [5.74, 6) is -0.192. The molecule has 1 aromatic rings. The monoisotopic (exact) mass is 222 g/mol. The zero-order chi connectivity index (χ0) is 11.8. The molecule has 0 amide bonds. The number of nitrogens with zero attached hydrogens (tertiary/aromatic N) is 1. The Morgan fingerprint density at radius 1 is 1.31 bits per heavy atom. The molecule has 1 heterocycles. The highest BCUT2D eigenvalue weighted by atomic mass is 19.1. The fourth-order valence-electron chi connectivity index (χ4n) is 2.39. The molecule has 1 aliphatic rings. The van der Waals surface area contributed by atoms with Crippen LogP contribution in [0.4, 0.5) is 10.1 Å². The summed E-state index contributed by atoms with van der Waals surface area (Å²) in [4.78, 5) is 2.28. The van der Waals surface area contributed by atoms with Crippen LogP contribution in [0.5, 0.6) is 0 Å². The van der Waals surface area contributed by atoms with E-state index in [0.717, 1.165) is 25.1 Å². The molecule has 0 spiro atoms. The van der Waals surface area contributed by atoms with Gasteiger partial charge < -0.3 is 10.6 Å². The third kappa shape index (κ3) is 1.92. The first-order valence-electron chi connectivity index (χ1n) is 5.80. The fourth-order valence-corrected chi connectivity index (χ4v) is 2.39. The Bertz CT molecular complexity index is 359. The molecule has 3 heteroatoms. The molecule has 16 heavy (non-hydrogen) atoms. The molecule has 1 fully saturated rings. The molecule has 1 unspecified atom stereocenters. The number of hydrogen-bond acceptors (Lipinski definition) is 2. The number of anilines is 1. The van der Waals surface area contributed by atoms with Gasteiger partial charge in [0, 0.05) is 23.8 Å². The average molecular weight is 222 g/mol. The summed E-state index contributed by atoms with van der Waals surface area (Å²) in [7, 11) is 0. The highest BCUT2D eigenvalue weighted by Gasteiger charge is 2.36. The smallest absolute Gasteiger partial charge is 0.123 e. The maximum Gasteiger partial charge on any atom is 0.123 e. The van der Waals surface area contributed by atoms with Crippen molar-refractivity contribution in [2.75, 3.05) is 11.4 Å². The van der Waals surface area contributed by atoms with E-state index in [1.165, 1.54) is 12.1 Å². The van der Waals surface area contributed by atoms with Gasteiger partial charge in [-0.25, -0.2) is 4.39 Å². The summed E-state index contributed by atoms with van der Waals surface area (Å²) in [6, 6.07) is 6.84. The fraction of sp³-hybridized carbons (Fsp3) is 0.538. The van der Waals surface area contributed by atoms with E-state index in [0.29, 0.717) is 0 Å². The van der Waals surface area contributed by atoms with Crippen LogP contribution in [-0.2, 0) is 0 Å². The van der Waals surface area contributed by atoms with Gasteiger partial charge in [0.05, 0.1) is 0 Å². The number of halogens is 1. The number of rotatable bonds is 1. The second-order valence-electron chi connectivity index (χ2n) is 5.03. The van der Waals surface area contributed by atoms with Gasteiger partial charge in [-0.1, -0.05) is 0 Å². The van der Waals surface area contributed by atoms with Gasteiger partial charge in [-0.15, -0.1) is 0 Å². The van der Waals surface area contributed by atoms with Crippen molar-refractivity contribution >= 4 is 5.69 Å². The Kier molecular flexibility index (Phi) is 2.89. The molecule has 88 valence electrons. The lowest BCUT2D eigenvalue weighted by atomic mass is 9.85. The van der Waals surface area contributed by atoms with E-state index < -0.39 is 0 Å². The van der Waals surface area contributed by atoms with Gasteiger partial charge in [0.15, 0.2) is 0 Å². The Hall–Kier alpha value is -1.09. The van der Waals surface area contributed by atoms with Gasteiger partial charge in [0.1, 0.15) is 5.82 Å². The Balaban J connectivity index is 2.28. The van der Waals surface area contributed by atoms with Crippen molar-refractivity contribution in [2.24, 2.45) is 5.73 Å². The second-order valence-corrected chi connectivity index (χ2v) is 5.03. The number of nitrogens with two attached hydrogens (primary N) is 1. The number of piperidine rings is 1. The largest absolute Gasteiger partial charge is 0.365 e. The molecule has 1 aromatic carbocycles. The first kappa shape index (κ1) is 11.4. The molecule has 0 bridgehead atoms. The van der Waals surface area contributed by atoms with E-state index in [1.807, 2.05) is 12.1 Å². The van der Waals surface area contributed by atoms with Crippen molar-refractivity contribution in [1.29, 1.82) is 0 Å². The topological polar surface area (TPSA) is 29.3 Å². The van der Waals surface area contributed by atoms with Gasteiger partial charge in [0.25, 0.3) is 0 Å². The Morgan fingerprint density at radius 2 is 1.94 bits per heavy atom. The molecule has 1 atom stereocenters. The van der Waals surface area contributed by atoms with E-state index in [4.69, 9.17) is 5.73 Å². The molecule has 1 saturated heterocycles. The molecular weight excluding hydrogens is 203 g/mol. The van der Waals surface area contributed by atoms with E-state index in [9.17, 15) is 4.39 Å². The van der Waals surface area contributed by atoms with Crippen LogP contribution in [0.25, 0.3) is 0 Å². The predicted octanol–water partition coefficient (Wildman–Crippen LogP) is 2.53. The molecular formula is C13H19FN2. The molecule has 0 radical (unpaired) electrons. The third-order valence-corrected chi connectivity index (χ3v) is 3.64. The second kappa shape index (κ2) is 4.06. The standard InChI is InChI=1S/C13H19FN2/c1-13(2)12(15)4-3-9-16(13)11-7-5-10(14)6-8-11/h5-8,12H,3-4,9,15H2,1-2H3. The number of benzene rings is 1. The van der Waals surface area contributed by atoms with E-state index in [1.54, 1.807) is 0 Å². The van der Waals surface area contributed by atoms with Crippen molar-refractivity contribution < 1.29 is 4.39 Å². The molecule has 1 aliphatic heterocycles. The summed E-state index contributed by atoms with van der Waals surface area (Å²) < 4.78 is 12.9. The van der Waals surface area contributed by atoms with Crippen molar-refractivity contribution in [3.63, 3.8) is 0 Å². The lowest BCUT2D eigenvalue weighted by molar-refractivity contribution is 0.310. The summed E-state index contributed by atoms with van der Waals surface area (Å²) in [6.45, 7) is 5.30. The van der Waals surface area contributed by atoms with Gasteiger partial charge in [-0.3, -0.25) is 0 Å². The molecule has 0 aliphatic carbocycles. The average Bonchev–Trinajstić information content (AvgIpc) is 2.24. The van der Waals surface area contributed by atoms with Crippen LogP contribution < -0.4 is 10.6 Å². The van der Waals surface area contributed by atoms with Crippen LogP contribution >= 0.6 is 0 Å². The molecule has 2 rings (SSSR count). The third-order valence-electron chi connectivity index (χ3n) is 3.64. The minimum Gasteiger partial charge on any atom is -0.365 e. The minimum absolute atomic E-state index is 0.0594. The van der Waals surface area contributed by atoms with Crippen molar-refractivity contribution in [1.82, 2.24) is 0 Å². The first-order valence-corrected chi connectivity index (χ1v) is 5.80. The summed E-state index contributed by atoms with van der Waals surface area (Å²) in [5.41, 5.74) is 7.15. The summed E-state index contributed by atoms with van der Waals surface area (Å²) in [5, 5.41) is 0. The lowest BCUT2D eigenvalue weighted by Gasteiger charge is -2.48. The van der Waals surface area contributed by atoms with Crippen LogP contribution in [0, 0.1) is 5.82 Å². The van der Waals surface area contributed by atoms with Gasteiger partial charge >= 0.3 is 0 Å². The predicted molar refractivity (Wildman–Crippen MR) is 65.0 cm³/mol. The lowest BCUT2D eigenvalue weighted by Crippen LogP contribution is -2.59. The molecule has 2 N–H and O–H groups in total. The maximum atomic E-state index is 12.9. The van der Waals surface area contributed by atoms with Crippen molar-refractivity contribution in [3.8, 4) is 0 Å². The normalized spacial score (nSPS) is 24.5. The van der Waals surface area contributed by atoms with E-state index in [2.05, 4.69) is 18.7 Å². The van der Waals surface area contributed by atoms with Crippen LogP contribution in [0.1, 0.15) is 26.7 Å². The maximum absolute atomic E-state index is 12.9. The Labute approximate surface area is 96.2 Å². The highest BCUT2D eigenvalue weighted by Crippen LogP contribution is 2.31. The van der Waals surface area contributed by atoms with Gasteiger partial charge in [-0.05, 0) is 51.0 Å². The first-order chi connectivity index (χ1) is 7.51. The highest BCUT2D eigenvalue weighted by molar-refractivity contribution is 5.49. The van der Waals surface area contributed by atoms with Crippen LogP contribution in [0.2, 0.25) is 0 Å². The summed E-state index contributed by atoms with van der Waals surface area (Å²) >= 11 is 0. The SMILES string of the molecule is CC1(C)C(N)CCCN1c1ccc(F)cc1. The van der Waals surface area contributed by atoms with E-state index in [-0.39, 0.29) is 17.4 Å². The van der Waals surface area contributed by atoms with E-state index >= 15 is 0 Å². The van der Waals surface area contributed by atoms with Crippen LogP contribution in [-0.4, -0.2) is 18.1 Å². The zero-order valence-corrected chi connectivity index (χ0v) is 9.91. The molecule has 2 nitrogen and oxygen atoms in total. The van der Waals surface area contributed by atoms with Crippen molar-refractivity contribution in [3.05, 3.63) is 30.1 Å².